The minimum atomic E-state index is -0.789. The van der Waals surface area contributed by atoms with Crippen LogP contribution >= 0.6 is 15.9 Å². The first-order valence-corrected chi connectivity index (χ1v) is 11.7. The van der Waals surface area contributed by atoms with E-state index in [-0.39, 0.29) is 5.57 Å². The molecule has 1 amide bonds. The molecule has 2 aromatic carbocycles. The molecule has 2 aromatic rings. The Hall–Kier alpha value is -2.84. The third-order valence-electron chi connectivity index (χ3n) is 5.51. The number of nitrogens with one attached hydrogen (secondary N) is 1. The number of benzene rings is 2. The lowest BCUT2D eigenvalue weighted by Crippen LogP contribution is -3.05. The molecule has 176 valence electrons. The molecular formula is C25H29BrN2O5. The van der Waals surface area contributed by atoms with Crippen LogP contribution in [0.3, 0.4) is 0 Å². The highest BCUT2D eigenvalue weighted by molar-refractivity contribution is 9.10. The van der Waals surface area contributed by atoms with Crippen molar-refractivity contribution in [3.63, 3.8) is 0 Å². The van der Waals surface area contributed by atoms with Gasteiger partial charge in [-0.2, -0.15) is 0 Å². The number of ether oxygens (including phenoxy) is 2. The highest BCUT2D eigenvalue weighted by atomic mass is 79.9. The minimum absolute atomic E-state index is 0.0364. The van der Waals surface area contributed by atoms with Crippen LogP contribution < -0.4 is 19.5 Å². The van der Waals surface area contributed by atoms with Gasteiger partial charge in [0.25, 0.3) is 5.91 Å². The fraction of sp³-hybridized carbons (Fsp3) is 0.360. The van der Waals surface area contributed by atoms with Gasteiger partial charge in [0.05, 0.1) is 40.4 Å². The molecular weight excluding hydrogens is 488 g/mol. The van der Waals surface area contributed by atoms with Crippen molar-refractivity contribution in [1.29, 1.82) is 0 Å². The number of halogens is 1. The van der Waals surface area contributed by atoms with Gasteiger partial charge in [0.15, 0.2) is 11.5 Å². The maximum Gasteiger partial charge on any atom is 0.295 e. The molecule has 1 aliphatic heterocycles. The summed E-state index contributed by atoms with van der Waals surface area (Å²) in [5.74, 6) is -0.809. The van der Waals surface area contributed by atoms with Gasteiger partial charge in [-0.1, -0.05) is 39.9 Å². The molecule has 0 bridgehead atoms. The topological polar surface area (TPSA) is 83.3 Å². The Bertz CT molecular complexity index is 1050. The monoisotopic (exact) mass is 516 g/mol. The van der Waals surface area contributed by atoms with E-state index < -0.39 is 23.5 Å². The zero-order valence-corrected chi connectivity index (χ0v) is 20.9. The molecule has 1 unspecified atom stereocenters. The Labute approximate surface area is 202 Å². The summed E-state index contributed by atoms with van der Waals surface area (Å²) in [5.41, 5.74) is 0.953. The second kappa shape index (κ2) is 10.9. The highest BCUT2D eigenvalue weighted by Crippen LogP contribution is 2.41. The van der Waals surface area contributed by atoms with Crippen LogP contribution in [0.4, 0.5) is 0 Å². The number of Topliss-reactive ketones (excluding diaryl/α,β-unsaturated/α-hetero) is 1. The van der Waals surface area contributed by atoms with Crippen molar-refractivity contribution >= 4 is 33.4 Å². The Morgan fingerprint density at radius 1 is 1.12 bits per heavy atom. The molecule has 0 aliphatic carbocycles. The van der Waals surface area contributed by atoms with Crippen molar-refractivity contribution in [2.24, 2.45) is 0 Å². The van der Waals surface area contributed by atoms with Gasteiger partial charge in [0.2, 0.25) is 5.78 Å². The van der Waals surface area contributed by atoms with E-state index in [1.54, 1.807) is 42.5 Å². The van der Waals surface area contributed by atoms with Gasteiger partial charge in [0, 0.05) is 23.0 Å². The summed E-state index contributed by atoms with van der Waals surface area (Å²) in [4.78, 5) is 28.8. The molecule has 7 nitrogen and oxygen atoms in total. The molecule has 8 heteroatoms. The number of nitrogens with zero attached hydrogens (tertiary/aromatic N) is 1. The fourth-order valence-electron chi connectivity index (χ4n) is 3.94. The normalized spacial score (nSPS) is 17.6. The van der Waals surface area contributed by atoms with Crippen molar-refractivity contribution in [2.75, 3.05) is 40.9 Å². The fourth-order valence-corrected chi connectivity index (χ4v) is 4.20. The highest BCUT2D eigenvalue weighted by Gasteiger charge is 2.44. The van der Waals surface area contributed by atoms with Crippen molar-refractivity contribution < 1.29 is 29.1 Å². The SMILES string of the molecule is CCOc1ccc(C2/C(=C(\[O-])c3ccc(Br)cc3)C(=O)C(=O)N2CCC[NH+](C)C)cc1OC. The smallest absolute Gasteiger partial charge is 0.295 e. The molecule has 33 heavy (non-hydrogen) atoms. The number of carbonyl (C=O) groups excluding carboxylic acids is 2. The Morgan fingerprint density at radius 3 is 2.42 bits per heavy atom. The van der Waals surface area contributed by atoms with Crippen LogP contribution in [-0.2, 0) is 9.59 Å². The second-order valence-corrected chi connectivity index (χ2v) is 9.05. The van der Waals surface area contributed by atoms with Crippen LogP contribution in [0.1, 0.15) is 30.5 Å². The summed E-state index contributed by atoms with van der Waals surface area (Å²) in [7, 11) is 5.59. The van der Waals surface area contributed by atoms with E-state index in [0.29, 0.717) is 42.2 Å². The van der Waals surface area contributed by atoms with Gasteiger partial charge in [-0.3, -0.25) is 9.59 Å². The van der Waals surface area contributed by atoms with E-state index in [1.165, 1.54) is 16.9 Å². The second-order valence-electron chi connectivity index (χ2n) is 8.13. The van der Waals surface area contributed by atoms with Gasteiger partial charge in [-0.25, -0.2) is 0 Å². The van der Waals surface area contributed by atoms with Crippen LogP contribution in [0.2, 0.25) is 0 Å². The summed E-state index contributed by atoms with van der Waals surface area (Å²) >= 11 is 3.36. The van der Waals surface area contributed by atoms with Crippen molar-refractivity contribution in [3.8, 4) is 11.5 Å². The molecule has 0 saturated carbocycles. The number of amides is 1. The minimum Gasteiger partial charge on any atom is -0.872 e. The van der Waals surface area contributed by atoms with Crippen molar-refractivity contribution in [1.82, 2.24) is 4.90 Å². The van der Waals surface area contributed by atoms with E-state index in [0.717, 1.165) is 11.0 Å². The van der Waals surface area contributed by atoms with Crippen LogP contribution in [0, 0.1) is 0 Å². The number of carbonyl (C=O) groups is 2. The lowest BCUT2D eigenvalue weighted by Gasteiger charge is -2.28. The third kappa shape index (κ3) is 5.39. The van der Waals surface area contributed by atoms with Gasteiger partial charge >= 0.3 is 0 Å². The first-order valence-electron chi connectivity index (χ1n) is 10.9. The predicted molar refractivity (Wildman–Crippen MR) is 127 cm³/mol. The maximum absolute atomic E-state index is 13.4. The standard InChI is InChI=1S/C25H29BrN2O5/c1-5-33-19-12-9-17(15-20(19)32-4)22-21(23(29)16-7-10-18(26)11-8-16)24(30)25(31)28(22)14-6-13-27(2)3/h7-12,15,22,29H,5-6,13-14H2,1-4H3/b23-21+. The number of quaternary nitrogens is 1. The van der Waals surface area contributed by atoms with E-state index in [1.807, 2.05) is 21.0 Å². The summed E-state index contributed by atoms with van der Waals surface area (Å²) < 4.78 is 11.9. The Balaban J connectivity index is 2.12. The van der Waals surface area contributed by atoms with Crippen LogP contribution in [0.5, 0.6) is 11.5 Å². The van der Waals surface area contributed by atoms with Crippen LogP contribution in [0.15, 0.2) is 52.5 Å². The average Bonchev–Trinajstić information content (AvgIpc) is 3.04. The number of rotatable bonds is 9. The molecule has 0 radical (unpaired) electrons. The Morgan fingerprint density at radius 2 is 1.82 bits per heavy atom. The predicted octanol–water partition coefficient (Wildman–Crippen LogP) is 1.61. The van der Waals surface area contributed by atoms with E-state index >= 15 is 0 Å². The van der Waals surface area contributed by atoms with E-state index in [9.17, 15) is 14.7 Å². The van der Waals surface area contributed by atoms with Crippen molar-refractivity contribution in [3.05, 3.63) is 63.6 Å². The Kier molecular flexibility index (Phi) is 8.15. The van der Waals surface area contributed by atoms with Gasteiger partial charge in [-0.05, 0) is 42.3 Å². The molecule has 0 aromatic heterocycles. The summed E-state index contributed by atoms with van der Waals surface area (Å²) in [6.07, 6.45) is 0.700. The number of hydrogen-bond donors (Lipinski definition) is 1. The first-order chi connectivity index (χ1) is 15.8. The lowest BCUT2D eigenvalue weighted by molar-refractivity contribution is -0.858. The van der Waals surface area contributed by atoms with E-state index in [2.05, 4.69) is 15.9 Å². The molecule has 3 rings (SSSR count). The molecule has 1 fully saturated rings. The maximum atomic E-state index is 13.4. The molecule has 1 aliphatic rings. The average molecular weight is 517 g/mol. The number of methoxy groups -OCH3 is 1. The molecule has 1 heterocycles. The van der Waals surface area contributed by atoms with Gasteiger partial charge < -0.3 is 24.4 Å². The molecule has 0 spiro atoms. The largest absolute Gasteiger partial charge is 0.872 e. The number of ketones is 1. The number of hydrogen-bond acceptors (Lipinski definition) is 5. The molecule has 1 N–H and O–H groups in total. The zero-order chi connectivity index (χ0) is 24.1. The number of likely N-dealkylation sites (tertiary alicyclic amines) is 1. The molecule has 1 saturated heterocycles. The van der Waals surface area contributed by atoms with Crippen molar-refractivity contribution in [2.45, 2.75) is 19.4 Å². The van der Waals surface area contributed by atoms with Crippen LogP contribution in [-0.4, -0.2) is 57.5 Å². The van der Waals surface area contributed by atoms with Gasteiger partial charge in [0.1, 0.15) is 0 Å². The quantitative estimate of drug-likeness (QED) is 0.311. The molecule has 1 atom stereocenters. The first kappa shape index (κ1) is 24.8. The summed E-state index contributed by atoms with van der Waals surface area (Å²) in [6, 6.07) is 11.2. The third-order valence-corrected chi connectivity index (χ3v) is 6.04. The van der Waals surface area contributed by atoms with E-state index in [4.69, 9.17) is 9.47 Å². The van der Waals surface area contributed by atoms with Gasteiger partial charge in [-0.15, -0.1) is 0 Å². The lowest BCUT2D eigenvalue weighted by atomic mass is 9.95. The summed E-state index contributed by atoms with van der Waals surface area (Å²) in [6.45, 7) is 3.54. The summed E-state index contributed by atoms with van der Waals surface area (Å²) in [5, 5.41) is 13.4. The van der Waals surface area contributed by atoms with Crippen LogP contribution in [0.25, 0.3) is 5.76 Å². The zero-order valence-electron chi connectivity index (χ0n) is 19.3.